The van der Waals surface area contributed by atoms with Crippen molar-refractivity contribution < 1.29 is 21.6 Å². The lowest BCUT2D eigenvalue weighted by atomic mass is 10.1. The van der Waals surface area contributed by atoms with Crippen molar-refractivity contribution in [2.24, 2.45) is 5.73 Å². The van der Waals surface area contributed by atoms with Crippen LogP contribution in [-0.2, 0) is 16.0 Å². The number of nitrogens with two attached hydrogens (primary N) is 1. The van der Waals surface area contributed by atoms with E-state index in [9.17, 15) is 21.6 Å². The maximum Gasteiger partial charge on any atom is 0.417 e. The van der Waals surface area contributed by atoms with E-state index >= 15 is 0 Å². The van der Waals surface area contributed by atoms with Gasteiger partial charge in [0.15, 0.2) is 0 Å². The van der Waals surface area contributed by atoms with Crippen LogP contribution in [0.5, 0.6) is 0 Å². The fourth-order valence-electron chi connectivity index (χ4n) is 2.06. The maximum absolute atomic E-state index is 12.9. The molecule has 0 radical (unpaired) electrons. The second-order valence-electron chi connectivity index (χ2n) is 4.52. The molecule has 2 rings (SSSR count). The van der Waals surface area contributed by atoms with E-state index in [1.165, 1.54) is 18.2 Å². The van der Waals surface area contributed by atoms with E-state index in [1.54, 1.807) is 6.92 Å². The zero-order valence-electron chi connectivity index (χ0n) is 10.0. The van der Waals surface area contributed by atoms with E-state index in [0.717, 1.165) is 6.07 Å². The molecule has 1 aromatic carbocycles. The molecule has 1 aliphatic rings. The minimum Gasteiger partial charge on any atom is -0.328 e. The van der Waals surface area contributed by atoms with Crippen molar-refractivity contribution in [1.29, 1.82) is 0 Å². The van der Waals surface area contributed by atoms with E-state index in [2.05, 4.69) is 0 Å². The second-order valence-corrected chi connectivity index (χ2v) is 6.46. The van der Waals surface area contributed by atoms with E-state index < -0.39 is 32.5 Å². The molecule has 3 nitrogen and oxygen atoms in total. The van der Waals surface area contributed by atoms with E-state index in [4.69, 9.17) is 5.73 Å². The van der Waals surface area contributed by atoms with Crippen molar-refractivity contribution in [3.8, 4) is 0 Å². The number of rotatable bonds is 2. The van der Waals surface area contributed by atoms with Gasteiger partial charge in [0, 0.05) is 6.04 Å². The Labute approximate surface area is 108 Å². The van der Waals surface area contributed by atoms with Crippen LogP contribution in [0.4, 0.5) is 13.2 Å². The molecule has 1 aliphatic heterocycles. The molecule has 1 atom stereocenters. The number of alkyl halides is 3. The van der Waals surface area contributed by atoms with Gasteiger partial charge in [-0.25, -0.2) is 8.42 Å². The largest absolute Gasteiger partial charge is 0.417 e. The Kier molecular flexibility index (Phi) is 3.22. The molecule has 0 saturated carbocycles. The lowest BCUT2D eigenvalue weighted by Gasteiger charge is -2.12. The Morgan fingerprint density at radius 3 is 2.47 bits per heavy atom. The molecule has 1 heterocycles. The summed E-state index contributed by atoms with van der Waals surface area (Å²) in [6, 6.07) is 2.89. The van der Waals surface area contributed by atoms with Gasteiger partial charge in [0.25, 0.3) is 0 Å². The quantitative estimate of drug-likeness (QED) is 0.911. The van der Waals surface area contributed by atoms with E-state index in [1.807, 2.05) is 0 Å². The van der Waals surface area contributed by atoms with E-state index in [0.29, 0.717) is 0 Å². The van der Waals surface area contributed by atoms with Gasteiger partial charge in [-0.3, -0.25) is 0 Å². The molecular formula is C12H12F3NO2S. The molecule has 0 fully saturated rings. The molecule has 1 aromatic rings. The maximum atomic E-state index is 12.9. The number of fused-ring (bicyclic) bond motifs is 1. The lowest BCUT2D eigenvalue weighted by Crippen LogP contribution is -2.18. The van der Waals surface area contributed by atoms with Crippen LogP contribution >= 0.6 is 0 Å². The summed E-state index contributed by atoms with van der Waals surface area (Å²) in [4.78, 5) is -0.715. The SMILES string of the molecule is CC(N)CC1=Cc2cccc(C(F)(F)F)c2S1(=O)=O. The Balaban J connectivity index is 2.63. The van der Waals surface area contributed by atoms with Gasteiger partial charge in [-0.05, 0) is 31.1 Å². The van der Waals surface area contributed by atoms with Gasteiger partial charge in [0.2, 0.25) is 9.84 Å². The third-order valence-corrected chi connectivity index (χ3v) is 4.77. The molecule has 0 aromatic heterocycles. The van der Waals surface area contributed by atoms with E-state index in [-0.39, 0.29) is 16.9 Å². The molecule has 0 aliphatic carbocycles. The predicted molar refractivity (Wildman–Crippen MR) is 64.9 cm³/mol. The van der Waals surface area contributed by atoms with Gasteiger partial charge < -0.3 is 5.73 Å². The van der Waals surface area contributed by atoms with Crippen LogP contribution in [0.3, 0.4) is 0 Å². The van der Waals surface area contributed by atoms with Crippen LogP contribution in [0, 0.1) is 0 Å². The predicted octanol–water partition coefficient (Wildman–Crippen LogP) is 2.57. The first-order valence-electron chi connectivity index (χ1n) is 5.55. The smallest absolute Gasteiger partial charge is 0.328 e. The summed E-state index contributed by atoms with van der Waals surface area (Å²) in [6.45, 7) is 1.60. The van der Waals surface area contributed by atoms with Crippen LogP contribution in [0.15, 0.2) is 28.0 Å². The summed E-state index contributed by atoms with van der Waals surface area (Å²) in [5.41, 5.74) is 4.47. The minimum atomic E-state index is -4.70. The van der Waals surface area contributed by atoms with Crippen LogP contribution < -0.4 is 5.73 Å². The molecule has 104 valence electrons. The summed E-state index contributed by atoms with van der Waals surface area (Å²) >= 11 is 0. The molecule has 7 heteroatoms. The average Bonchev–Trinajstić information content (AvgIpc) is 2.49. The van der Waals surface area contributed by atoms with Crippen molar-refractivity contribution >= 4 is 15.9 Å². The molecule has 1 unspecified atom stereocenters. The van der Waals surface area contributed by atoms with Crippen molar-refractivity contribution in [1.82, 2.24) is 0 Å². The highest BCUT2D eigenvalue weighted by atomic mass is 32.2. The number of benzene rings is 1. The first-order chi connectivity index (χ1) is 8.64. The van der Waals surface area contributed by atoms with Crippen LogP contribution in [0.25, 0.3) is 6.08 Å². The van der Waals surface area contributed by atoms with Crippen molar-refractivity contribution in [2.75, 3.05) is 0 Å². The van der Waals surface area contributed by atoms with Gasteiger partial charge in [-0.15, -0.1) is 0 Å². The van der Waals surface area contributed by atoms with Crippen molar-refractivity contribution in [3.05, 3.63) is 34.2 Å². The van der Waals surface area contributed by atoms with Crippen molar-refractivity contribution in [3.63, 3.8) is 0 Å². The highest BCUT2D eigenvalue weighted by Crippen LogP contribution is 2.43. The highest BCUT2D eigenvalue weighted by Gasteiger charge is 2.41. The Morgan fingerprint density at radius 2 is 1.95 bits per heavy atom. The Hall–Kier alpha value is -1.34. The first-order valence-corrected chi connectivity index (χ1v) is 7.04. The number of halogens is 3. The molecular weight excluding hydrogens is 279 g/mol. The Morgan fingerprint density at radius 1 is 1.32 bits per heavy atom. The van der Waals surface area contributed by atoms with Crippen LogP contribution in [-0.4, -0.2) is 14.5 Å². The van der Waals surface area contributed by atoms with Gasteiger partial charge >= 0.3 is 6.18 Å². The molecule has 2 N–H and O–H groups in total. The summed E-state index contributed by atoms with van der Waals surface area (Å²) < 4.78 is 62.9. The number of hydrogen-bond donors (Lipinski definition) is 1. The standard InChI is InChI=1S/C12H12F3NO2S/c1-7(16)5-9-6-8-3-2-4-10(12(13,14)15)11(8)19(9,17)18/h2-4,6-7H,5,16H2,1H3. The van der Waals surface area contributed by atoms with Crippen molar-refractivity contribution in [2.45, 2.75) is 30.5 Å². The number of hydrogen-bond acceptors (Lipinski definition) is 3. The third-order valence-electron chi connectivity index (χ3n) is 2.80. The summed E-state index contributed by atoms with van der Waals surface area (Å²) in [5, 5.41) is 0. The summed E-state index contributed by atoms with van der Waals surface area (Å²) in [6.07, 6.45) is -3.41. The topological polar surface area (TPSA) is 60.2 Å². The molecule has 0 spiro atoms. The second kappa shape index (κ2) is 4.35. The van der Waals surface area contributed by atoms with Gasteiger partial charge in [-0.1, -0.05) is 12.1 Å². The zero-order chi connectivity index (χ0) is 14.4. The summed E-state index contributed by atoms with van der Waals surface area (Å²) in [7, 11) is -4.09. The molecule has 19 heavy (non-hydrogen) atoms. The summed E-state index contributed by atoms with van der Waals surface area (Å²) in [5.74, 6) is 0. The van der Waals surface area contributed by atoms with Gasteiger partial charge in [0.05, 0.1) is 15.4 Å². The van der Waals surface area contributed by atoms with Gasteiger partial charge in [-0.2, -0.15) is 13.2 Å². The van der Waals surface area contributed by atoms with Crippen LogP contribution in [0.2, 0.25) is 0 Å². The Bertz CT molecular complexity index is 645. The average molecular weight is 291 g/mol. The molecule has 0 saturated heterocycles. The van der Waals surface area contributed by atoms with Crippen LogP contribution in [0.1, 0.15) is 24.5 Å². The molecule has 0 bridgehead atoms. The normalized spacial score (nSPS) is 18.9. The number of sulfone groups is 1. The first kappa shape index (κ1) is 14.1. The fraction of sp³-hybridized carbons (Fsp3) is 0.333. The van der Waals surface area contributed by atoms with Gasteiger partial charge in [0.1, 0.15) is 0 Å². The fourth-order valence-corrected chi connectivity index (χ4v) is 4.00. The minimum absolute atomic E-state index is 0.0221. The monoisotopic (exact) mass is 291 g/mol. The lowest BCUT2D eigenvalue weighted by molar-refractivity contribution is -0.139. The third kappa shape index (κ3) is 2.40. The highest BCUT2D eigenvalue weighted by molar-refractivity contribution is 7.95. The zero-order valence-corrected chi connectivity index (χ0v) is 10.8. The molecule has 0 amide bonds.